The molecular formula is C16H21N3O. The average Bonchev–Trinajstić information content (AvgIpc) is 2.48. The van der Waals surface area contributed by atoms with Crippen molar-refractivity contribution in [3.8, 4) is 6.07 Å². The van der Waals surface area contributed by atoms with E-state index in [4.69, 9.17) is 0 Å². The summed E-state index contributed by atoms with van der Waals surface area (Å²) in [7, 11) is 1.73. The van der Waals surface area contributed by atoms with Crippen molar-refractivity contribution in [2.24, 2.45) is 0 Å². The van der Waals surface area contributed by atoms with Gasteiger partial charge in [0.15, 0.2) is 0 Å². The van der Waals surface area contributed by atoms with Gasteiger partial charge in [-0.05, 0) is 18.4 Å². The summed E-state index contributed by atoms with van der Waals surface area (Å²) in [4.78, 5) is 15.5. The van der Waals surface area contributed by atoms with Crippen LogP contribution in [0.3, 0.4) is 0 Å². The largest absolute Gasteiger partial charge is 0.327 e. The molecule has 0 unspecified atom stereocenters. The molecule has 0 aromatic heterocycles. The molecule has 1 aliphatic heterocycles. The fraction of sp³-hybridized carbons (Fsp3) is 0.500. The van der Waals surface area contributed by atoms with Gasteiger partial charge in [0, 0.05) is 33.6 Å². The van der Waals surface area contributed by atoms with E-state index in [2.05, 4.69) is 23.1 Å². The molecule has 1 aromatic carbocycles. The predicted molar refractivity (Wildman–Crippen MR) is 77.7 cm³/mol. The van der Waals surface area contributed by atoms with Gasteiger partial charge in [-0.25, -0.2) is 0 Å². The van der Waals surface area contributed by atoms with Gasteiger partial charge >= 0.3 is 0 Å². The Kier molecular flexibility index (Phi) is 4.41. The summed E-state index contributed by atoms with van der Waals surface area (Å²) in [5.74, 6) is -0.0388. The second-order valence-electron chi connectivity index (χ2n) is 5.48. The fourth-order valence-electron chi connectivity index (χ4n) is 2.75. The van der Waals surface area contributed by atoms with Crippen molar-refractivity contribution < 1.29 is 4.79 Å². The summed E-state index contributed by atoms with van der Waals surface area (Å²) >= 11 is 0. The molecule has 0 N–H and O–H groups in total. The molecule has 2 rings (SSSR count). The number of piperidine rings is 1. The van der Waals surface area contributed by atoms with Crippen LogP contribution < -0.4 is 0 Å². The molecule has 1 amide bonds. The second-order valence-corrected chi connectivity index (χ2v) is 5.48. The Morgan fingerprint density at radius 1 is 1.35 bits per heavy atom. The summed E-state index contributed by atoms with van der Waals surface area (Å²) in [5, 5.41) is 9.47. The highest BCUT2D eigenvalue weighted by Crippen LogP contribution is 2.28. The van der Waals surface area contributed by atoms with E-state index >= 15 is 0 Å². The first-order chi connectivity index (χ1) is 9.57. The molecule has 1 fully saturated rings. The maximum absolute atomic E-state index is 11.5. The third-order valence-corrected chi connectivity index (χ3v) is 4.25. The summed E-state index contributed by atoms with van der Waals surface area (Å²) < 4.78 is 0. The lowest BCUT2D eigenvalue weighted by molar-refractivity contribution is -0.132. The van der Waals surface area contributed by atoms with Crippen LogP contribution in [0.4, 0.5) is 0 Å². The third-order valence-electron chi connectivity index (χ3n) is 4.25. The van der Waals surface area contributed by atoms with Gasteiger partial charge in [-0.15, -0.1) is 0 Å². The van der Waals surface area contributed by atoms with Crippen molar-refractivity contribution in [3.63, 3.8) is 0 Å². The van der Waals surface area contributed by atoms with E-state index in [9.17, 15) is 10.1 Å². The van der Waals surface area contributed by atoms with Crippen LogP contribution in [-0.4, -0.2) is 41.4 Å². The van der Waals surface area contributed by atoms with E-state index in [1.807, 2.05) is 18.2 Å². The predicted octanol–water partition coefficient (Wildman–Crippen LogP) is 2.02. The van der Waals surface area contributed by atoms with Crippen LogP contribution in [0.15, 0.2) is 30.3 Å². The van der Waals surface area contributed by atoms with Gasteiger partial charge in [-0.3, -0.25) is 9.69 Å². The number of benzene rings is 1. The zero-order valence-electron chi connectivity index (χ0n) is 12.2. The van der Waals surface area contributed by atoms with Crippen molar-refractivity contribution in [1.82, 2.24) is 9.80 Å². The average molecular weight is 271 g/mol. The number of nitrogens with zero attached hydrogens (tertiary/aromatic N) is 3. The number of carbonyl (C=O) groups excluding carboxylic acids is 1. The number of amides is 1. The number of likely N-dealkylation sites (tertiary alicyclic amines) is 1. The standard InChI is InChI=1S/C16H21N3O/c1-14(20)18(2)16(13-17)8-10-19(11-9-16)12-15-6-4-3-5-7-15/h3-7H,8-12H2,1-2H3. The van der Waals surface area contributed by atoms with Gasteiger partial charge in [0.25, 0.3) is 0 Å². The molecule has 0 aliphatic carbocycles. The SMILES string of the molecule is CC(=O)N(C)C1(C#N)CCN(Cc2ccccc2)CC1. The third kappa shape index (κ3) is 3.00. The molecule has 1 aromatic rings. The summed E-state index contributed by atoms with van der Waals surface area (Å²) in [6.07, 6.45) is 1.43. The van der Waals surface area contributed by atoms with E-state index in [1.54, 1.807) is 11.9 Å². The molecule has 0 saturated carbocycles. The van der Waals surface area contributed by atoms with Gasteiger partial charge in [-0.2, -0.15) is 5.26 Å². The minimum atomic E-state index is -0.626. The van der Waals surface area contributed by atoms with Gasteiger partial charge in [0.1, 0.15) is 5.54 Å². The van der Waals surface area contributed by atoms with Gasteiger partial charge < -0.3 is 4.90 Å². The molecular weight excluding hydrogens is 250 g/mol. The first-order valence-electron chi connectivity index (χ1n) is 6.99. The number of hydrogen-bond donors (Lipinski definition) is 0. The van der Waals surface area contributed by atoms with E-state index in [1.165, 1.54) is 12.5 Å². The van der Waals surface area contributed by atoms with Crippen LogP contribution in [-0.2, 0) is 11.3 Å². The monoisotopic (exact) mass is 271 g/mol. The zero-order chi connectivity index (χ0) is 14.6. The lowest BCUT2D eigenvalue weighted by Crippen LogP contribution is -2.54. The first kappa shape index (κ1) is 14.5. The van der Waals surface area contributed by atoms with Crippen molar-refractivity contribution in [2.75, 3.05) is 20.1 Å². The number of rotatable bonds is 3. The Labute approximate surface area is 120 Å². The molecule has 1 heterocycles. The van der Waals surface area contributed by atoms with Crippen molar-refractivity contribution in [2.45, 2.75) is 31.8 Å². The Hall–Kier alpha value is -1.86. The normalized spacial score (nSPS) is 18.2. The molecule has 20 heavy (non-hydrogen) atoms. The minimum absolute atomic E-state index is 0.0388. The molecule has 106 valence electrons. The Morgan fingerprint density at radius 3 is 2.45 bits per heavy atom. The van der Waals surface area contributed by atoms with Crippen molar-refractivity contribution >= 4 is 5.91 Å². The first-order valence-corrected chi connectivity index (χ1v) is 6.99. The van der Waals surface area contributed by atoms with E-state index in [0.717, 1.165) is 19.6 Å². The van der Waals surface area contributed by atoms with Crippen molar-refractivity contribution in [3.05, 3.63) is 35.9 Å². The summed E-state index contributed by atoms with van der Waals surface area (Å²) in [5.41, 5.74) is 0.663. The van der Waals surface area contributed by atoms with Crippen LogP contribution in [0.1, 0.15) is 25.3 Å². The molecule has 0 radical (unpaired) electrons. The molecule has 0 spiro atoms. The maximum atomic E-state index is 11.5. The Balaban J connectivity index is 1.98. The molecule has 1 aliphatic rings. The minimum Gasteiger partial charge on any atom is -0.327 e. The smallest absolute Gasteiger partial charge is 0.220 e. The fourth-order valence-corrected chi connectivity index (χ4v) is 2.75. The zero-order valence-corrected chi connectivity index (χ0v) is 12.2. The lowest BCUT2D eigenvalue weighted by Gasteiger charge is -2.42. The maximum Gasteiger partial charge on any atom is 0.220 e. The van der Waals surface area contributed by atoms with Crippen molar-refractivity contribution in [1.29, 1.82) is 5.26 Å². The lowest BCUT2D eigenvalue weighted by atomic mass is 9.87. The van der Waals surface area contributed by atoms with E-state index in [-0.39, 0.29) is 5.91 Å². The molecule has 1 saturated heterocycles. The highest BCUT2D eigenvalue weighted by atomic mass is 16.2. The second kappa shape index (κ2) is 6.06. The molecule has 4 heteroatoms. The van der Waals surface area contributed by atoms with Crippen LogP contribution >= 0.6 is 0 Å². The van der Waals surface area contributed by atoms with Gasteiger partial charge in [0.05, 0.1) is 6.07 Å². The Bertz CT molecular complexity index is 498. The number of nitriles is 1. The summed E-state index contributed by atoms with van der Waals surface area (Å²) in [6, 6.07) is 12.7. The van der Waals surface area contributed by atoms with E-state index < -0.39 is 5.54 Å². The summed E-state index contributed by atoms with van der Waals surface area (Å²) in [6.45, 7) is 4.13. The molecule has 0 bridgehead atoms. The van der Waals surface area contributed by atoms with E-state index in [0.29, 0.717) is 12.8 Å². The quantitative estimate of drug-likeness (QED) is 0.845. The van der Waals surface area contributed by atoms with Crippen LogP contribution in [0.25, 0.3) is 0 Å². The number of hydrogen-bond acceptors (Lipinski definition) is 3. The highest BCUT2D eigenvalue weighted by molar-refractivity contribution is 5.74. The van der Waals surface area contributed by atoms with Crippen LogP contribution in [0.2, 0.25) is 0 Å². The topological polar surface area (TPSA) is 47.3 Å². The molecule has 4 nitrogen and oxygen atoms in total. The van der Waals surface area contributed by atoms with Crippen LogP contribution in [0.5, 0.6) is 0 Å². The highest BCUT2D eigenvalue weighted by Gasteiger charge is 2.39. The van der Waals surface area contributed by atoms with Gasteiger partial charge in [-0.1, -0.05) is 30.3 Å². The van der Waals surface area contributed by atoms with Crippen LogP contribution in [0, 0.1) is 11.3 Å². The number of carbonyl (C=O) groups is 1. The van der Waals surface area contributed by atoms with Gasteiger partial charge in [0.2, 0.25) is 5.91 Å². The molecule has 0 atom stereocenters. The Morgan fingerprint density at radius 2 is 1.95 bits per heavy atom.